The number of halogens is 3. The quantitative estimate of drug-likeness (QED) is 0.584. The summed E-state index contributed by atoms with van der Waals surface area (Å²) in [5.74, 6) is 0. The van der Waals surface area contributed by atoms with Gasteiger partial charge in [0, 0.05) is 19.8 Å². The monoisotopic (exact) mass is 261 g/mol. The molecule has 0 atom stereocenters. The van der Waals surface area contributed by atoms with Crippen LogP contribution in [0.1, 0.15) is 19.3 Å². The third kappa shape index (κ3) is 4.26. The van der Waals surface area contributed by atoms with Crippen LogP contribution < -0.4 is 51.4 Å². The summed E-state index contributed by atoms with van der Waals surface area (Å²) in [5, 5.41) is 0. The van der Waals surface area contributed by atoms with E-state index in [2.05, 4.69) is 0 Å². The Balaban J connectivity index is 0.00000128. The van der Waals surface area contributed by atoms with Crippen molar-refractivity contribution in [3.05, 3.63) is 0 Å². The Labute approximate surface area is 137 Å². The summed E-state index contributed by atoms with van der Waals surface area (Å²) in [4.78, 5) is 1.56. The van der Waals surface area contributed by atoms with Crippen LogP contribution in [0.4, 0.5) is 12.9 Å². The zero-order chi connectivity index (χ0) is 10.9. The molecule has 88 valence electrons. The average molecular weight is 261 g/mol. The van der Waals surface area contributed by atoms with Crippen LogP contribution in [0, 0.1) is 5.41 Å². The smallest absolute Gasteiger partial charge is 0.448 e. The van der Waals surface area contributed by atoms with Crippen LogP contribution in [-0.2, 0) is 4.74 Å². The maximum Gasteiger partial charge on any atom is 1.00 e. The minimum Gasteiger partial charge on any atom is -0.448 e. The van der Waals surface area contributed by atoms with Crippen LogP contribution in [0.25, 0.3) is 0 Å². The van der Waals surface area contributed by atoms with Gasteiger partial charge in [0.25, 0.3) is 0 Å². The molecule has 7 heteroatoms. The predicted octanol–water partition coefficient (Wildman–Crippen LogP) is -1.12. The predicted molar refractivity (Wildman–Crippen MR) is 52.6 cm³/mol. The van der Waals surface area contributed by atoms with E-state index in [1.165, 1.54) is 0 Å². The molecule has 2 saturated heterocycles. The van der Waals surface area contributed by atoms with E-state index in [0.717, 1.165) is 19.3 Å². The van der Waals surface area contributed by atoms with E-state index in [1.54, 1.807) is 4.90 Å². The molecule has 2 aliphatic heterocycles. The van der Waals surface area contributed by atoms with E-state index in [1.807, 2.05) is 0 Å². The first kappa shape index (κ1) is 15.5. The summed E-state index contributed by atoms with van der Waals surface area (Å²) >= 11 is 0. The van der Waals surface area contributed by atoms with Crippen molar-refractivity contribution < 1.29 is 69.1 Å². The summed E-state index contributed by atoms with van der Waals surface area (Å²) in [7, 11) is 0. The third-order valence-corrected chi connectivity index (χ3v) is 3.54. The van der Waals surface area contributed by atoms with Crippen molar-refractivity contribution in [2.75, 3.05) is 32.7 Å². The van der Waals surface area contributed by atoms with Gasteiger partial charge >= 0.3 is 58.4 Å². The van der Waals surface area contributed by atoms with Gasteiger partial charge in [-0.1, -0.05) is 0 Å². The summed E-state index contributed by atoms with van der Waals surface area (Å²) in [5.41, 5.74) is 0.125. The van der Waals surface area contributed by atoms with Gasteiger partial charge in [0.1, 0.15) is 0 Å². The van der Waals surface area contributed by atoms with Gasteiger partial charge in [0.15, 0.2) is 0 Å². The molecule has 0 radical (unpaired) electrons. The molecule has 2 rings (SSSR count). The van der Waals surface area contributed by atoms with Gasteiger partial charge in [-0.05, 0) is 37.7 Å². The molecule has 2 aliphatic rings. The molecule has 0 saturated carbocycles. The van der Waals surface area contributed by atoms with Crippen molar-refractivity contribution in [2.45, 2.75) is 19.3 Å². The number of rotatable bonds is 2. The van der Waals surface area contributed by atoms with Crippen LogP contribution in [-0.4, -0.2) is 44.6 Å². The molecular weight excluding hydrogens is 245 g/mol. The maximum absolute atomic E-state index is 12.3. The topological polar surface area (TPSA) is 12.5 Å². The van der Waals surface area contributed by atoms with Crippen LogP contribution in [0.15, 0.2) is 0 Å². The SMILES string of the molecule is F[B-](F)(F)CN1CCC2(CCOCC2)C1.[K+]. The fourth-order valence-corrected chi connectivity index (χ4v) is 2.69. The van der Waals surface area contributed by atoms with Crippen molar-refractivity contribution in [3.8, 4) is 0 Å². The first-order valence-electron chi connectivity index (χ1n) is 5.50. The van der Waals surface area contributed by atoms with Crippen molar-refractivity contribution in [1.29, 1.82) is 0 Å². The van der Waals surface area contributed by atoms with Gasteiger partial charge in [-0.3, -0.25) is 0 Å². The Morgan fingerprint density at radius 2 is 1.75 bits per heavy atom. The van der Waals surface area contributed by atoms with Gasteiger partial charge in [0.2, 0.25) is 0 Å². The molecule has 0 aromatic carbocycles. The van der Waals surface area contributed by atoms with Crippen LogP contribution in [0.5, 0.6) is 0 Å². The molecule has 16 heavy (non-hydrogen) atoms. The molecule has 0 amide bonds. The molecular formula is C9H16BF3KNO. The normalized spacial score (nSPS) is 25.7. The Kier molecular flexibility index (Phi) is 5.84. The molecule has 0 aromatic rings. The largest absolute Gasteiger partial charge is 1.00 e. The Bertz CT molecular complexity index is 233. The van der Waals surface area contributed by atoms with Crippen molar-refractivity contribution in [3.63, 3.8) is 0 Å². The Morgan fingerprint density at radius 3 is 2.31 bits per heavy atom. The van der Waals surface area contributed by atoms with Crippen LogP contribution in [0.3, 0.4) is 0 Å². The number of hydrogen-bond donors (Lipinski definition) is 0. The van der Waals surface area contributed by atoms with Gasteiger partial charge in [-0.25, -0.2) is 0 Å². The van der Waals surface area contributed by atoms with Gasteiger partial charge < -0.3 is 22.6 Å². The van der Waals surface area contributed by atoms with E-state index in [0.29, 0.717) is 26.3 Å². The van der Waals surface area contributed by atoms with E-state index >= 15 is 0 Å². The second-order valence-electron chi connectivity index (χ2n) is 4.81. The van der Waals surface area contributed by atoms with Crippen molar-refractivity contribution in [2.24, 2.45) is 5.41 Å². The molecule has 0 aromatic heterocycles. The summed E-state index contributed by atoms with van der Waals surface area (Å²) in [6, 6.07) is 0. The number of likely N-dealkylation sites (tertiary alicyclic amines) is 1. The van der Waals surface area contributed by atoms with Gasteiger partial charge in [0.05, 0.1) is 0 Å². The van der Waals surface area contributed by atoms with Gasteiger partial charge in [-0.15, -0.1) is 0 Å². The fourth-order valence-electron chi connectivity index (χ4n) is 2.69. The summed E-state index contributed by atoms with van der Waals surface area (Å²) in [6.07, 6.45) is 2.06. The first-order valence-corrected chi connectivity index (χ1v) is 5.50. The molecule has 0 bridgehead atoms. The molecule has 2 nitrogen and oxygen atoms in total. The molecule has 0 unspecified atom stereocenters. The molecule has 2 fully saturated rings. The van der Waals surface area contributed by atoms with E-state index in [4.69, 9.17) is 4.74 Å². The fraction of sp³-hybridized carbons (Fsp3) is 1.00. The second kappa shape index (κ2) is 6.04. The number of hydrogen-bond acceptors (Lipinski definition) is 2. The number of nitrogens with zero attached hydrogens (tertiary/aromatic N) is 1. The van der Waals surface area contributed by atoms with E-state index < -0.39 is 13.4 Å². The minimum absolute atomic E-state index is 0. The minimum atomic E-state index is -4.67. The second-order valence-corrected chi connectivity index (χ2v) is 4.81. The first-order chi connectivity index (χ1) is 6.99. The van der Waals surface area contributed by atoms with E-state index in [9.17, 15) is 12.9 Å². The number of ether oxygens (including phenoxy) is 1. The zero-order valence-corrected chi connectivity index (χ0v) is 12.8. The standard InChI is InChI=1S/C9H16BF3NO.K/c11-10(12,13)8-14-4-1-9(7-14)2-5-15-6-3-9;/h1-8H2;/q-1;+1. The van der Waals surface area contributed by atoms with Crippen LogP contribution >= 0.6 is 0 Å². The third-order valence-electron chi connectivity index (χ3n) is 3.54. The van der Waals surface area contributed by atoms with Gasteiger partial charge in [-0.2, -0.15) is 0 Å². The van der Waals surface area contributed by atoms with E-state index in [-0.39, 0.29) is 56.8 Å². The average Bonchev–Trinajstić information content (AvgIpc) is 2.47. The Morgan fingerprint density at radius 1 is 1.12 bits per heavy atom. The van der Waals surface area contributed by atoms with Crippen molar-refractivity contribution >= 4 is 6.98 Å². The van der Waals surface area contributed by atoms with Crippen LogP contribution in [0.2, 0.25) is 0 Å². The molecule has 0 N–H and O–H groups in total. The zero-order valence-electron chi connectivity index (χ0n) is 9.72. The Hall–Kier alpha value is 1.41. The maximum atomic E-state index is 12.3. The summed E-state index contributed by atoms with van der Waals surface area (Å²) in [6.45, 7) is -2.03. The molecule has 0 aliphatic carbocycles. The molecule has 1 spiro atoms. The summed E-state index contributed by atoms with van der Waals surface area (Å²) < 4.78 is 42.0. The van der Waals surface area contributed by atoms with Crippen molar-refractivity contribution in [1.82, 2.24) is 4.90 Å². The molecule has 2 heterocycles.